The van der Waals surface area contributed by atoms with E-state index in [0.717, 1.165) is 20.6 Å². The standard InChI is InChI=1S/C8H7BrN2OS/c1-4-6(11-12-8(4)10)7-5(9)2-3-13-7/h2-3H,10H2,1H3. The highest BCUT2D eigenvalue weighted by atomic mass is 79.9. The molecule has 0 atom stereocenters. The molecule has 0 radical (unpaired) electrons. The Balaban J connectivity index is 2.59. The first-order valence-corrected chi connectivity index (χ1v) is 5.32. The summed E-state index contributed by atoms with van der Waals surface area (Å²) in [6, 6.07) is 1.98. The number of hydrogen-bond donors (Lipinski definition) is 1. The van der Waals surface area contributed by atoms with Crippen LogP contribution in [0.15, 0.2) is 20.4 Å². The van der Waals surface area contributed by atoms with Gasteiger partial charge in [-0.05, 0) is 34.3 Å². The number of anilines is 1. The quantitative estimate of drug-likeness (QED) is 0.856. The lowest BCUT2D eigenvalue weighted by atomic mass is 10.2. The van der Waals surface area contributed by atoms with Gasteiger partial charge in [-0.15, -0.1) is 11.3 Å². The number of rotatable bonds is 1. The third-order valence-corrected chi connectivity index (χ3v) is 3.64. The molecule has 68 valence electrons. The van der Waals surface area contributed by atoms with E-state index in [1.54, 1.807) is 11.3 Å². The summed E-state index contributed by atoms with van der Waals surface area (Å²) in [5.41, 5.74) is 7.27. The first-order valence-electron chi connectivity index (χ1n) is 3.65. The monoisotopic (exact) mass is 258 g/mol. The fraction of sp³-hybridized carbons (Fsp3) is 0.125. The molecule has 0 aliphatic heterocycles. The number of nitrogen functional groups attached to an aromatic ring is 1. The molecule has 2 rings (SSSR count). The van der Waals surface area contributed by atoms with E-state index >= 15 is 0 Å². The Kier molecular flexibility index (Phi) is 2.13. The summed E-state index contributed by atoms with van der Waals surface area (Å²) < 4.78 is 5.91. The van der Waals surface area contributed by atoms with Crippen molar-refractivity contribution in [3.8, 4) is 10.6 Å². The number of nitrogens with zero attached hydrogens (tertiary/aromatic N) is 1. The van der Waals surface area contributed by atoms with Crippen molar-refractivity contribution < 1.29 is 4.52 Å². The Morgan fingerprint density at radius 3 is 2.85 bits per heavy atom. The molecule has 2 aromatic heterocycles. The van der Waals surface area contributed by atoms with Gasteiger partial charge in [-0.2, -0.15) is 0 Å². The Morgan fingerprint density at radius 1 is 1.62 bits per heavy atom. The first-order chi connectivity index (χ1) is 6.20. The molecule has 2 N–H and O–H groups in total. The Morgan fingerprint density at radius 2 is 2.38 bits per heavy atom. The molecule has 3 nitrogen and oxygen atoms in total. The highest BCUT2D eigenvalue weighted by Gasteiger charge is 2.14. The van der Waals surface area contributed by atoms with E-state index in [1.165, 1.54) is 0 Å². The van der Waals surface area contributed by atoms with Crippen LogP contribution in [0.1, 0.15) is 5.56 Å². The molecule has 0 saturated heterocycles. The predicted octanol–water partition coefficient (Wildman–Crippen LogP) is 3.06. The van der Waals surface area contributed by atoms with Crippen molar-refractivity contribution in [2.24, 2.45) is 0 Å². The van der Waals surface area contributed by atoms with Crippen LogP contribution in [-0.4, -0.2) is 5.16 Å². The van der Waals surface area contributed by atoms with E-state index < -0.39 is 0 Å². The van der Waals surface area contributed by atoms with Crippen LogP contribution in [0.2, 0.25) is 0 Å². The van der Waals surface area contributed by atoms with Gasteiger partial charge < -0.3 is 10.3 Å². The summed E-state index contributed by atoms with van der Waals surface area (Å²) >= 11 is 5.04. The van der Waals surface area contributed by atoms with Crippen LogP contribution >= 0.6 is 27.3 Å². The van der Waals surface area contributed by atoms with Gasteiger partial charge in [-0.1, -0.05) is 5.16 Å². The maximum Gasteiger partial charge on any atom is 0.225 e. The molecule has 13 heavy (non-hydrogen) atoms. The van der Waals surface area contributed by atoms with Crippen LogP contribution in [0.3, 0.4) is 0 Å². The van der Waals surface area contributed by atoms with Crippen molar-refractivity contribution in [3.63, 3.8) is 0 Å². The van der Waals surface area contributed by atoms with Gasteiger partial charge in [-0.25, -0.2) is 0 Å². The number of aromatic nitrogens is 1. The summed E-state index contributed by atoms with van der Waals surface area (Å²) in [6.45, 7) is 1.90. The van der Waals surface area contributed by atoms with E-state index in [2.05, 4.69) is 21.1 Å². The van der Waals surface area contributed by atoms with Crippen LogP contribution in [-0.2, 0) is 0 Å². The second-order valence-electron chi connectivity index (χ2n) is 2.62. The summed E-state index contributed by atoms with van der Waals surface area (Å²) in [4.78, 5) is 1.05. The number of thiophene rings is 1. The van der Waals surface area contributed by atoms with Crippen molar-refractivity contribution in [2.75, 3.05) is 5.73 Å². The third kappa shape index (κ3) is 1.38. The third-order valence-electron chi connectivity index (χ3n) is 1.79. The van der Waals surface area contributed by atoms with Crippen LogP contribution in [0.5, 0.6) is 0 Å². The minimum absolute atomic E-state index is 0.385. The minimum Gasteiger partial charge on any atom is -0.367 e. The Hall–Kier alpha value is -0.810. The van der Waals surface area contributed by atoms with Gasteiger partial charge in [-0.3, -0.25) is 0 Å². The molecule has 0 bridgehead atoms. The van der Waals surface area contributed by atoms with Crippen LogP contribution in [0.25, 0.3) is 10.6 Å². The molecule has 2 heterocycles. The van der Waals surface area contributed by atoms with Gasteiger partial charge >= 0.3 is 0 Å². The summed E-state index contributed by atoms with van der Waals surface area (Å²) in [5, 5.41) is 5.89. The maximum absolute atomic E-state index is 5.56. The highest BCUT2D eigenvalue weighted by molar-refractivity contribution is 9.10. The van der Waals surface area contributed by atoms with Crippen molar-refractivity contribution in [2.45, 2.75) is 6.92 Å². The van der Waals surface area contributed by atoms with Gasteiger partial charge in [0.1, 0.15) is 5.69 Å². The van der Waals surface area contributed by atoms with Crippen LogP contribution < -0.4 is 5.73 Å². The fourth-order valence-electron chi connectivity index (χ4n) is 1.02. The van der Waals surface area contributed by atoms with Gasteiger partial charge in [0, 0.05) is 10.0 Å². The predicted molar refractivity (Wildman–Crippen MR) is 56.7 cm³/mol. The van der Waals surface area contributed by atoms with E-state index in [9.17, 15) is 0 Å². The molecule has 0 unspecified atom stereocenters. The Labute approximate surface area is 87.7 Å². The highest BCUT2D eigenvalue weighted by Crippen LogP contribution is 2.35. The van der Waals surface area contributed by atoms with Crippen molar-refractivity contribution in [1.82, 2.24) is 5.16 Å². The topological polar surface area (TPSA) is 52.0 Å². The summed E-state index contributed by atoms with van der Waals surface area (Å²) in [6.07, 6.45) is 0. The second kappa shape index (κ2) is 3.16. The lowest BCUT2D eigenvalue weighted by Gasteiger charge is -1.92. The molecule has 0 aromatic carbocycles. The van der Waals surface area contributed by atoms with Crippen LogP contribution in [0, 0.1) is 6.92 Å². The minimum atomic E-state index is 0.385. The number of halogens is 1. The lowest BCUT2D eigenvalue weighted by molar-refractivity contribution is 0.439. The zero-order valence-corrected chi connectivity index (χ0v) is 9.28. The maximum atomic E-state index is 5.56. The molecule has 2 aromatic rings. The van der Waals surface area contributed by atoms with Gasteiger partial charge in [0.05, 0.1) is 4.88 Å². The Bertz CT molecular complexity index is 435. The average molecular weight is 259 g/mol. The number of hydrogen-bond acceptors (Lipinski definition) is 4. The molecular formula is C8H7BrN2OS. The van der Waals surface area contributed by atoms with Crippen LogP contribution in [0.4, 0.5) is 5.88 Å². The first kappa shape index (κ1) is 8.77. The molecule has 0 aliphatic rings. The van der Waals surface area contributed by atoms with Crippen molar-refractivity contribution >= 4 is 33.2 Å². The zero-order valence-electron chi connectivity index (χ0n) is 6.87. The van der Waals surface area contributed by atoms with E-state index in [1.807, 2.05) is 18.4 Å². The van der Waals surface area contributed by atoms with Gasteiger partial charge in [0.2, 0.25) is 5.88 Å². The SMILES string of the molecule is Cc1c(-c2sccc2Br)noc1N. The molecule has 0 aliphatic carbocycles. The summed E-state index contributed by atoms with van der Waals surface area (Å²) in [5.74, 6) is 0.385. The van der Waals surface area contributed by atoms with Crippen molar-refractivity contribution in [1.29, 1.82) is 0 Å². The molecule has 0 fully saturated rings. The molecule has 0 amide bonds. The lowest BCUT2D eigenvalue weighted by Crippen LogP contribution is -1.83. The molecule has 0 saturated carbocycles. The summed E-state index contributed by atoms with van der Waals surface area (Å²) in [7, 11) is 0. The van der Waals surface area contributed by atoms with Gasteiger partial charge in [0.15, 0.2) is 0 Å². The smallest absolute Gasteiger partial charge is 0.225 e. The van der Waals surface area contributed by atoms with Crippen molar-refractivity contribution in [3.05, 3.63) is 21.5 Å². The normalized spacial score (nSPS) is 10.6. The fourth-order valence-corrected chi connectivity index (χ4v) is 2.62. The van der Waals surface area contributed by atoms with E-state index in [-0.39, 0.29) is 0 Å². The van der Waals surface area contributed by atoms with E-state index in [4.69, 9.17) is 10.3 Å². The van der Waals surface area contributed by atoms with Gasteiger partial charge in [0.25, 0.3) is 0 Å². The largest absolute Gasteiger partial charge is 0.367 e. The second-order valence-corrected chi connectivity index (χ2v) is 4.39. The molecule has 0 spiro atoms. The molecular weight excluding hydrogens is 252 g/mol. The number of nitrogens with two attached hydrogens (primary N) is 1. The molecule has 5 heteroatoms. The van der Waals surface area contributed by atoms with E-state index in [0.29, 0.717) is 5.88 Å². The zero-order chi connectivity index (χ0) is 9.42. The average Bonchev–Trinajstić information content (AvgIpc) is 2.62.